The van der Waals surface area contributed by atoms with Crippen molar-refractivity contribution in [2.45, 2.75) is 12.6 Å². The molecule has 2 nitrogen and oxygen atoms in total. The first-order valence-electron chi connectivity index (χ1n) is 4.69. The monoisotopic (exact) mass is 326 g/mol. The molecule has 1 aromatic rings. The molecule has 0 radical (unpaired) electrons. The van der Waals surface area contributed by atoms with Gasteiger partial charge >= 0.3 is 6.18 Å². The molecule has 1 rings (SSSR count). The van der Waals surface area contributed by atoms with Gasteiger partial charge in [-0.1, -0.05) is 12.2 Å². The molecular weight excluding hydrogens is 317 g/mol. The predicted octanol–water partition coefficient (Wildman–Crippen LogP) is 3.45. The second kappa shape index (κ2) is 5.68. The summed E-state index contributed by atoms with van der Waals surface area (Å²) < 4.78 is 36.4. The van der Waals surface area contributed by atoms with E-state index in [4.69, 9.17) is 18.0 Å². The van der Waals surface area contributed by atoms with Crippen LogP contribution in [0.5, 0.6) is 0 Å². The Balaban J connectivity index is 2.62. The number of hydrogen-bond donors (Lipinski definition) is 2. The first-order chi connectivity index (χ1) is 7.79. The lowest BCUT2D eigenvalue weighted by Gasteiger charge is -2.10. The third-order valence-corrected chi connectivity index (χ3v) is 2.85. The van der Waals surface area contributed by atoms with Gasteiger partial charge in [-0.15, -0.1) is 0 Å². The van der Waals surface area contributed by atoms with E-state index in [9.17, 15) is 13.2 Å². The number of benzene rings is 1. The predicted molar refractivity (Wildman–Crippen MR) is 69.2 cm³/mol. The van der Waals surface area contributed by atoms with Crippen LogP contribution in [0.1, 0.15) is 12.0 Å². The third-order valence-electron chi connectivity index (χ3n) is 1.97. The van der Waals surface area contributed by atoms with Crippen LogP contribution in [0, 0.1) is 0 Å². The Kier molecular flexibility index (Phi) is 4.76. The molecule has 0 bridgehead atoms. The number of hydrogen-bond acceptors (Lipinski definition) is 2. The van der Waals surface area contributed by atoms with E-state index in [0.717, 1.165) is 0 Å². The molecule has 0 aliphatic rings. The summed E-state index contributed by atoms with van der Waals surface area (Å²) in [5, 5.41) is 2.67. The summed E-state index contributed by atoms with van der Waals surface area (Å²) >= 11 is 8.06. The topological polar surface area (TPSA) is 38.0 Å². The van der Waals surface area contributed by atoms with E-state index in [-0.39, 0.29) is 11.5 Å². The Morgan fingerprint density at radius 2 is 2.06 bits per heavy atom. The van der Waals surface area contributed by atoms with Crippen molar-refractivity contribution in [2.24, 2.45) is 5.73 Å². The van der Waals surface area contributed by atoms with Gasteiger partial charge < -0.3 is 11.1 Å². The zero-order chi connectivity index (χ0) is 13.1. The van der Waals surface area contributed by atoms with Crippen LogP contribution in [-0.2, 0) is 0 Å². The van der Waals surface area contributed by atoms with Crippen LogP contribution in [0.2, 0.25) is 0 Å². The molecule has 7 heteroatoms. The van der Waals surface area contributed by atoms with Gasteiger partial charge in [-0.05, 0) is 34.1 Å². The van der Waals surface area contributed by atoms with Crippen LogP contribution < -0.4 is 11.1 Å². The lowest BCUT2D eigenvalue weighted by Crippen LogP contribution is -2.15. The number of halogens is 4. The highest BCUT2D eigenvalue weighted by Gasteiger charge is 2.26. The molecule has 3 N–H and O–H groups in total. The first-order valence-corrected chi connectivity index (χ1v) is 5.90. The number of nitrogens with two attached hydrogens (primary N) is 1. The van der Waals surface area contributed by atoms with Gasteiger partial charge in [0.1, 0.15) is 4.99 Å². The highest BCUT2D eigenvalue weighted by Crippen LogP contribution is 2.23. The number of thiocarbonyl (C=S) groups is 1. The summed E-state index contributed by atoms with van der Waals surface area (Å²) in [5.74, 6) is 0. The minimum Gasteiger partial charge on any atom is -0.389 e. The van der Waals surface area contributed by atoms with Crippen LogP contribution >= 0.6 is 28.1 Å². The molecule has 0 spiro atoms. The lowest BCUT2D eigenvalue weighted by atomic mass is 10.2. The average Bonchev–Trinajstić information content (AvgIpc) is 2.15. The van der Waals surface area contributed by atoms with Gasteiger partial charge in [0.25, 0.3) is 0 Å². The molecule has 0 saturated carbocycles. The molecule has 94 valence electrons. The Morgan fingerprint density at radius 3 is 2.53 bits per heavy atom. The van der Waals surface area contributed by atoms with Crippen molar-refractivity contribution < 1.29 is 13.2 Å². The van der Waals surface area contributed by atoms with Gasteiger partial charge in [0.2, 0.25) is 0 Å². The van der Waals surface area contributed by atoms with E-state index in [0.29, 0.717) is 15.7 Å². The molecule has 0 unspecified atom stereocenters. The van der Waals surface area contributed by atoms with Gasteiger partial charge in [0.05, 0.1) is 6.42 Å². The summed E-state index contributed by atoms with van der Waals surface area (Å²) in [4.78, 5) is 0.235. The highest BCUT2D eigenvalue weighted by molar-refractivity contribution is 9.10. The zero-order valence-electron chi connectivity index (χ0n) is 8.64. The fraction of sp³-hybridized carbons (Fsp3) is 0.300. The van der Waals surface area contributed by atoms with Crippen LogP contribution in [0.15, 0.2) is 22.7 Å². The Bertz CT molecular complexity index is 421. The van der Waals surface area contributed by atoms with Gasteiger partial charge in [-0.2, -0.15) is 13.2 Å². The van der Waals surface area contributed by atoms with Crippen molar-refractivity contribution in [3.8, 4) is 0 Å². The maximum Gasteiger partial charge on any atom is 0.390 e. The number of anilines is 1. The fourth-order valence-corrected chi connectivity index (χ4v) is 2.08. The van der Waals surface area contributed by atoms with Crippen molar-refractivity contribution in [1.29, 1.82) is 0 Å². The van der Waals surface area contributed by atoms with Crippen LogP contribution in [0.4, 0.5) is 18.9 Å². The molecule has 0 aliphatic carbocycles. The largest absolute Gasteiger partial charge is 0.390 e. The smallest absolute Gasteiger partial charge is 0.389 e. The first kappa shape index (κ1) is 14.2. The molecule has 1 aromatic carbocycles. The van der Waals surface area contributed by atoms with Crippen LogP contribution in [0.3, 0.4) is 0 Å². The van der Waals surface area contributed by atoms with E-state index in [1.165, 1.54) is 0 Å². The normalized spacial score (nSPS) is 11.3. The third kappa shape index (κ3) is 4.91. The van der Waals surface area contributed by atoms with Crippen LogP contribution in [0.25, 0.3) is 0 Å². The van der Waals surface area contributed by atoms with Gasteiger partial charge in [-0.25, -0.2) is 0 Å². The zero-order valence-corrected chi connectivity index (χ0v) is 11.0. The molecule has 0 aliphatic heterocycles. The van der Waals surface area contributed by atoms with Crippen molar-refractivity contribution in [2.75, 3.05) is 11.9 Å². The fourth-order valence-electron chi connectivity index (χ4n) is 1.17. The van der Waals surface area contributed by atoms with Crippen LogP contribution in [-0.4, -0.2) is 17.7 Å². The Labute approximate surface area is 111 Å². The SMILES string of the molecule is NC(=S)c1ccc(NCCC(F)(F)F)cc1Br. The Hall–Kier alpha value is -0.820. The minimum atomic E-state index is -4.15. The molecule has 0 saturated heterocycles. The molecule has 0 heterocycles. The van der Waals surface area contributed by atoms with E-state index < -0.39 is 12.6 Å². The summed E-state index contributed by atoms with van der Waals surface area (Å²) in [6.07, 6.45) is -5.02. The highest BCUT2D eigenvalue weighted by atomic mass is 79.9. The standard InChI is InChI=1S/C10H10BrF3N2S/c11-8-5-6(1-2-7(8)9(15)17)16-4-3-10(12,13)14/h1-2,5,16H,3-4H2,(H2,15,17). The van der Waals surface area contributed by atoms with Gasteiger partial charge in [-0.3, -0.25) is 0 Å². The second-order valence-corrected chi connectivity index (χ2v) is 4.64. The van der Waals surface area contributed by atoms with E-state index in [1.807, 2.05) is 0 Å². The Morgan fingerprint density at radius 1 is 1.41 bits per heavy atom. The van der Waals surface area contributed by atoms with Crippen molar-refractivity contribution in [3.63, 3.8) is 0 Å². The molecule has 0 fully saturated rings. The molecule has 0 amide bonds. The van der Waals surface area contributed by atoms with Crippen molar-refractivity contribution in [1.82, 2.24) is 0 Å². The molecular formula is C10H10BrF3N2S. The lowest BCUT2D eigenvalue weighted by molar-refractivity contribution is -0.131. The van der Waals surface area contributed by atoms with Gasteiger partial charge in [0.15, 0.2) is 0 Å². The minimum absolute atomic E-state index is 0.164. The number of alkyl halides is 3. The number of nitrogens with one attached hydrogen (secondary N) is 1. The van der Waals surface area contributed by atoms with Crippen molar-refractivity contribution in [3.05, 3.63) is 28.2 Å². The molecule has 17 heavy (non-hydrogen) atoms. The average molecular weight is 327 g/mol. The quantitative estimate of drug-likeness (QED) is 0.832. The molecule has 0 aromatic heterocycles. The number of rotatable bonds is 4. The summed E-state index contributed by atoms with van der Waals surface area (Å²) in [5.41, 5.74) is 6.69. The molecule has 0 atom stereocenters. The maximum atomic E-state index is 11.9. The van der Waals surface area contributed by atoms with Crippen molar-refractivity contribution >= 4 is 38.8 Å². The maximum absolute atomic E-state index is 11.9. The van der Waals surface area contributed by atoms with E-state index in [1.54, 1.807) is 18.2 Å². The summed E-state index contributed by atoms with van der Waals surface area (Å²) in [6.45, 7) is -0.164. The van der Waals surface area contributed by atoms with Gasteiger partial charge in [0, 0.05) is 22.3 Å². The van der Waals surface area contributed by atoms with E-state index >= 15 is 0 Å². The summed E-state index contributed by atoms with van der Waals surface area (Å²) in [6, 6.07) is 4.93. The van der Waals surface area contributed by atoms with E-state index in [2.05, 4.69) is 21.2 Å². The summed E-state index contributed by atoms with van der Waals surface area (Å²) in [7, 11) is 0. The second-order valence-electron chi connectivity index (χ2n) is 3.35.